The lowest BCUT2D eigenvalue weighted by molar-refractivity contribution is -0.142. The minimum Gasteiger partial charge on any atom is -0.244 e. The first kappa shape index (κ1) is 27.2. The first-order valence-corrected chi connectivity index (χ1v) is 13.2. The van der Waals surface area contributed by atoms with E-state index in [0.29, 0.717) is 10.0 Å². The maximum absolute atomic E-state index is 14.1. The Hall–Kier alpha value is -4.00. The van der Waals surface area contributed by atoms with E-state index in [1.807, 2.05) is 0 Å². The van der Waals surface area contributed by atoms with Gasteiger partial charge in [-0.2, -0.15) is 26.3 Å². The predicted octanol–water partition coefficient (Wildman–Crippen LogP) is 7.84. The van der Waals surface area contributed by atoms with E-state index in [4.69, 9.17) is 0 Å². The molecule has 0 spiro atoms. The molecule has 1 saturated heterocycles. The molecule has 4 amide bonds. The highest BCUT2D eigenvalue weighted by Crippen LogP contribution is 2.50. The molecule has 41 heavy (non-hydrogen) atoms. The molecule has 0 N–H and O–H groups in total. The maximum atomic E-state index is 14.1. The van der Waals surface area contributed by atoms with Crippen LogP contribution in [0.1, 0.15) is 45.5 Å². The molecule has 1 aliphatic carbocycles. The Bertz CT molecular complexity index is 1590. The largest absolute Gasteiger partial charge is 0.416 e. The Morgan fingerprint density at radius 2 is 1.10 bits per heavy atom. The molecule has 6 nitrogen and oxygen atoms in total. The van der Waals surface area contributed by atoms with E-state index < -0.39 is 60.7 Å². The molecule has 13 heteroatoms. The van der Waals surface area contributed by atoms with Crippen molar-refractivity contribution in [1.82, 2.24) is 20.0 Å². The van der Waals surface area contributed by atoms with Crippen LogP contribution in [-0.4, -0.2) is 32.1 Å². The Morgan fingerprint density at radius 1 is 0.634 bits per heavy atom. The van der Waals surface area contributed by atoms with Crippen molar-refractivity contribution in [3.8, 4) is 0 Å². The lowest BCUT2D eigenvalue weighted by atomic mass is 9.86. The molecule has 7 rings (SSSR count). The molecular formula is C28H19BrF6N4O2. The molecule has 4 aliphatic rings. The summed E-state index contributed by atoms with van der Waals surface area (Å²) in [5.74, 6) is 0. The second-order valence-electron chi connectivity index (χ2n) is 9.70. The molecule has 1 fully saturated rings. The fraction of sp³-hybridized carbons (Fsp3) is 0.214. The number of carbonyl (C=O) groups is 2. The minimum atomic E-state index is -4.77. The van der Waals surface area contributed by atoms with Gasteiger partial charge in [-0.15, -0.1) is 0 Å². The number of urea groups is 2. The standard InChI is InChI=1S/C28H19BrF6N4O2/c29-21-11-5-8-18-22-12-13-23(24(18)21)39-26(41)37(15-17-7-2-4-10-20(17)28(33,34)35)36(25(40)38(22)39)14-16-6-1-3-9-19(16)27(30,31)32/h1-13,22-23H,14-15H2. The van der Waals surface area contributed by atoms with Crippen molar-refractivity contribution in [3.63, 3.8) is 0 Å². The molecule has 3 aromatic rings. The topological polar surface area (TPSA) is 47.1 Å². The van der Waals surface area contributed by atoms with Crippen LogP contribution in [0.4, 0.5) is 35.9 Å². The highest BCUT2D eigenvalue weighted by molar-refractivity contribution is 9.10. The molecule has 3 heterocycles. The Labute approximate surface area is 238 Å². The lowest BCUT2D eigenvalue weighted by Crippen LogP contribution is -2.71. The van der Waals surface area contributed by atoms with Gasteiger partial charge in [0, 0.05) is 10.0 Å². The average molecular weight is 637 g/mol. The van der Waals surface area contributed by atoms with Crippen molar-refractivity contribution in [2.24, 2.45) is 0 Å². The molecule has 2 atom stereocenters. The zero-order valence-electron chi connectivity index (χ0n) is 20.8. The number of hydrazine groups is 2. The van der Waals surface area contributed by atoms with Gasteiger partial charge in [-0.1, -0.05) is 76.6 Å². The summed E-state index contributed by atoms with van der Waals surface area (Å²) in [5.41, 5.74) is -1.24. The summed E-state index contributed by atoms with van der Waals surface area (Å²) in [7, 11) is 0. The molecule has 3 aliphatic heterocycles. The number of alkyl halides is 6. The van der Waals surface area contributed by atoms with Crippen LogP contribution in [0.25, 0.3) is 0 Å². The van der Waals surface area contributed by atoms with E-state index in [-0.39, 0.29) is 11.1 Å². The van der Waals surface area contributed by atoms with Gasteiger partial charge in [0.15, 0.2) is 0 Å². The van der Waals surface area contributed by atoms with Gasteiger partial charge in [-0.05, 0) is 34.9 Å². The third-order valence-electron chi connectivity index (χ3n) is 7.35. The molecule has 2 unspecified atom stereocenters. The van der Waals surface area contributed by atoms with Crippen molar-refractivity contribution >= 4 is 28.0 Å². The molecule has 2 bridgehead atoms. The van der Waals surface area contributed by atoms with E-state index in [1.165, 1.54) is 36.4 Å². The zero-order valence-corrected chi connectivity index (χ0v) is 22.4. The van der Waals surface area contributed by atoms with E-state index in [0.717, 1.165) is 37.7 Å². The van der Waals surface area contributed by atoms with E-state index >= 15 is 0 Å². The van der Waals surface area contributed by atoms with Gasteiger partial charge in [-0.25, -0.2) is 29.6 Å². The van der Waals surface area contributed by atoms with Crippen LogP contribution in [0.2, 0.25) is 0 Å². The van der Waals surface area contributed by atoms with E-state index in [2.05, 4.69) is 15.9 Å². The number of hydrogen-bond donors (Lipinski definition) is 0. The lowest BCUT2D eigenvalue weighted by Gasteiger charge is -2.57. The Kier molecular flexibility index (Phi) is 6.32. The molecule has 212 valence electrons. The van der Waals surface area contributed by atoms with Crippen LogP contribution in [-0.2, 0) is 25.4 Å². The van der Waals surface area contributed by atoms with Crippen LogP contribution < -0.4 is 0 Å². The van der Waals surface area contributed by atoms with E-state index in [9.17, 15) is 35.9 Å². The van der Waals surface area contributed by atoms with Crippen LogP contribution in [0, 0.1) is 0 Å². The van der Waals surface area contributed by atoms with Gasteiger partial charge in [0.1, 0.15) is 6.04 Å². The number of rotatable bonds is 4. The number of carbonyl (C=O) groups excluding carboxylic acids is 2. The average Bonchev–Trinajstić information content (AvgIpc) is 2.93. The van der Waals surface area contributed by atoms with Crippen LogP contribution in [0.15, 0.2) is 83.4 Å². The van der Waals surface area contributed by atoms with Gasteiger partial charge < -0.3 is 0 Å². The summed E-state index contributed by atoms with van der Waals surface area (Å²) in [6.07, 6.45) is -6.10. The molecule has 0 aromatic heterocycles. The third-order valence-corrected chi connectivity index (χ3v) is 8.04. The summed E-state index contributed by atoms with van der Waals surface area (Å²) in [6, 6.07) is 11.2. The summed E-state index contributed by atoms with van der Waals surface area (Å²) in [5, 5.41) is 3.90. The summed E-state index contributed by atoms with van der Waals surface area (Å²) in [4.78, 5) is 28.2. The molecule has 0 saturated carbocycles. The van der Waals surface area contributed by atoms with Crippen molar-refractivity contribution in [1.29, 1.82) is 0 Å². The number of amides is 4. The predicted molar refractivity (Wildman–Crippen MR) is 137 cm³/mol. The summed E-state index contributed by atoms with van der Waals surface area (Å²) in [6.45, 7) is -1.41. The number of benzene rings is 3. The summed E-state index contributed by atoms with van der Waals surface area (Å²) < 4.78 is 83.8. The van der Waals surface area contributed by atoms with Gasteiger partial charge in [0.25, 0.3) is 0 Å². The second kappa shape index (κ2) is 9.54. The number of hydrogen-bond acceptors (Lipinski definition) is 2. The SMILES string of the molecule is O=C1N(Cc2ccccc2C(F)(F)F)N(Cc2ccccc2C(F)(F)F)C(=O)N2C3C=CC(c4cccc(Br)c43)N12. The minimum absolute atomic E-state index is 0.315. The Balaban J connectivity index is 1.48. The first-order valence-electron chi connectivity index (χ1n) is 12.4. The summed E-state index contributed by atoms with van der Waals surface area (Å²) >= 11 is 3.49. The van der Waals surface area contributed by atoms with Gasteiger partial charge in [-0.3, -0.25) is 0 Å². The first-order chi connectivity index (χ1) is 19.4. The number of nitrogens with zero attached hydrogens (tertiary/aromatic N) is 4. The van der Waals surface area contributed by atoms with Crippen molar-refractivity contribution < 1.29 is 35.9 Å². The van der Waals surface area contributed by atoms with Crippen LogP contribution in [0.5, 0.6) is 0 Å². The van der Waals surface area contributed by atoms with Crippen molar-refractivity contribution in [2.75, 3.05) is 0 Å². The second-order valence-corrected chi connectivity index (χ2v) is 10.6. The fourth-order valence-electron chi connectivity index (χ4n) is 5.58. The molecule has 3 aromatic carbocycles. The highest BCUT2D eigenvalue weighted by atomic mass is 79.9. The highest BCUT2D eigenvalue weighted by Gasteiger charge is 2.54. The third kappa shape index (κ3) is 4.42. The van der Waals surface area contributed by atoms with Crippen LogP contribution in [0.3, 0.4) is 0 Å². The normalized spacial score (nSPS) is 20.1. The Morgan fingerprint density at radius 3 is 1.61 bits per heavy atom. The van der Waals surface area contributed by atoms with Gasteiger partial charge >= 0.3 is 24.4 Å². The van der Waals surface area contributed by atoms with E-state index in [1.54, 1.807) is 30.4 Å². The molecular weight excluding hydrogens is 618 g/mol. The smallest absolute Gasteiger partial charge is 0.244 e. The quantitative estimate of drug-likeness (QED) is 0.216. The molecule has 0 radical (unpaired) electrons. The fourth-order valence-corrected chi connectivity index (χ4v) is 6.20. The monoisotopic (exact) mass is 636 g/mol. The van der Waals surface area contributed by atoms with Gasteiger partial charge in [0.05, 0.1) is 30.3 Å². The van der Waals surface area contributed by atoms with Crippen molar-refractivity contribution in [2.45, 2.75) is 37.5 Å². The van der Waals surface area contributed by atoms with Gasteiger partial charge in [0.2, 0.25) is 0 Å². The van der Waals surface area contributed by atoms with Crippen LogP contribution >= 0.6 is 15.9 Å². The maximum Gasteiger partial charge on any atom is 0.416 e. The van der Waals surface area contributed by atoms with Crippen molar-refractivity contribution in [3.05, 3.63) is 117 Å². The number of halogens is 7. The zero-order chi connectivity index (χ0) is 29.3.